The molecule has 0 radical (unpaired) electrons. The number of carbonyl (C=O) groups is 1. The van der Waals surface area contributed by atoms with E-state index in [0.717, 1.165) is 18.5 Å². The highest BCUT2D eigenvalue weighted by molar-refractivity contribution is 5.95. The van der Waals surface area contributed by atoms with Crippen LogP contribution in [-0.2, 0) is 0 Å². The lowest BCUT2D eigenvalue weighted by Crippen LogP contribution is -2.30. The van der Waals surface area contributed by atoms with E-state index < -0.39 is 0 Å². The van der Waals surface area contributed by atoms with Gasteiger partial charge in [-0.1, -0.05) is 11.2 Å². The lowest BCUT2D eigenvalue weighted by molar-refractivity contribution is 0.0710. The monoisotopic (exact) mass is 380 g/mol. The molecule has 144 valence electrons. The molecule has 0 aliphatic carbocycles. The van der Waals surface area contributed by atoms with Crippen molar-refractivity contribution in [2.75, 3.05) is 25.5 Å². The largest absolute Gasteiger partial charge is 0.378 e. The molecule has 1 unspecified atom stereocenters. The number of likely N-dealkylation sites (tertiary alicyclic amines) is 1. The van der Waals surface area contributed by atoms with Crippen LogP contribution in [0.3, 0.4) is 0 Å². The number of rotatable bonds is 4. The zero-order chi connectivity index (χ0) is 19.7. The molecule has 2 heterocycles. The van der Waals surface area contributed by atoms with Gasteiger partial charge in [0.1, 0.15) is 11.9 Å². The third-order valence-electron chi connectivity index (χ3n) is 4.95. The second kappa shape index (κ2) is 7.42. The summed E-state index contributed by atoms with van der Waals surface area (Å²) in [5, 5.41) is 4.01. The highest BCUT2D eigenvalue weighted by Crippen LogP contribution is 2.33. The van der Waals surface area contributed by atoms with Crippen LogP contribution in [0.4, 0.5) is 10.1 Å². The molecule has 0 bridgehead atoms. The second-order valence-electron chi connectivity index (χ2n) is 7.06. The van der Waals surface area contributed by atoms with Gasteiger partial charge in [0.2, 0.25) is 11.7 Å². The molecule has 7 heteroatoms. The average molecular weight is 380 g/mol. The molecule has 1 aromatic heterocycles. The molecule has 0 saturated carbocycles. The number of hydrogen-bond acceptors (Lipinski definition) is 5. The van der Waals surface area contributed by atoms with Crippen molar-refractivity contribution >= 4 is 11.6 Å². The summed E-state index contributed by atoms with van der Waals surface area (Å²) < 4.78 is 18.6. The van der Waals surface area contributed by atoms with Crippen LogP contribution in [0.1, 0.15) is 35.1 Å². The van der Waals surface area contributed by atoms with E-state index in [4.69, 9.17) is 4.52 Å². The molecule has 0 N–H and O–H groups in total. The first-order chi connectivity index (χ1) is 13.5. The molecule has 0 spiro atoms. The van der Waals surface area contributed by atoms with Gasteiger partial charge in [0.05, 0.1) is 0 Å². The van der Waals surface area contributed by atoms with Crippen LogP contribution in [0.2, 0.25) is 0 Å². The molecule has 1 aliphatic heterocycles. The van der Waals surface area contributed by atoms with Gasteiger partial charge in [-0.05, 0) is 55.3 Å². The van der Waals surface area contributed by atoms with Gasteiger partial charge in [0.15, 0.2) is 0 Å². The highest BCUT2D eigenvalue weighted by atomic mass is 19.1. The Bertz CT molecular complexity index is 984. The van der Waals surface area contributed by atoms with Gasteiger partial charge in [0, 0.05) is 37.5 Å². The van der Waals surface area contributed by atoms with Crippen LogP contribution in [0.15, 0.2) is 53.1 Å². The van der Waals surface area contributed by atoms with E-state index in [0.29, 0.717) is 29.4 Å². The Morgan fingerprint density at radius 3 is 2.75 bits per heavy atom. The van der Waals surface area contributed by atoms with Crippen LogP contribution in [-0.4, -0.2) is 41.6 Å². The summed E-state index contributed by atoms with van der Waals surface area (Å²) in [6.45, 7) is 0.643. The number of hydrogen-bond donors (Lipinski definition) is 0. The summed E-state index contributed by atoms with van der Waals surface area (Å²) in [6.07, 6.45) is 1.64. The third-order valence-corrected chi connectivity index (χ3v) is 4.95. The van der Waals surface area contributed by atoms with Crippen molar-refractivity contribution in [3.63, 3.8) is 0 Å². The number of nitrogens with zero attached hydrogens (tertiary/aromatic N) is 4. The second-order valence-corrected chi connectivity index (χ2v) is 7.06. The summed E-state index contributed by atoms with van der Waals surface area (Å²) in [7, 11) is 3.88. The maximum absolute atomic E-state index is 13.1. The predicted octanol–water partition coefficient (Wildman–Crippen LogP) is 3.92. The van der Waals surface area contributed by atoms with E-state index in [1.54, 1.807) is 17.0 Å². The first-order valence-corrected chi connectivity index (χ1v) is 9.21. The smallest absolute Gasteiger partial charge is 0.254 e. The Morgan fingerprint density at radius 2 is 2.00 bits per heavy atom. The summed E-state index contributed by atoms with van der Waals surface area (Å²) >= 11 is 0. The first-order valence-electron chi connectivity index (χ1n) is 9.21. The number of carbonyl (C=O) groups excluding carboxylic acids is 1. The van der Waals surface area contributed by atoms with E-state index >= 15 is 0 Å². The summed E-state index contributed by atoms with van der Waals surface area (Å²) in [4.78, 5) is 21.3. The summed E-state index contributed by atoms with van der Waals surface area (Å²) in [5.41, 5.74) is 2.28. The minimum absolute atomic E-state index is 0.0484. The zero-order valence-corrected chi connectivity index (χ0v) is 15.8. The lowest BCUT2D eigenvalue weighted by atomic mass is 10.1. The molecule has 2 aromatic carbocycles. The van der Waals surface area contributed by atoms with Crippen LogP contribution in [0, 0.1) is 5.82 Å². The Hall–Kier alpha value is -3.22. The van der Waals surface area contributed by atoms with Crippen molar-refractivity contribution in [2.24, 2.45) is 0 Å². The normalized spacial score (nSPS) is 16.4. The van der Waals surface area contributed by atoms with Crippen molar-refractivity contribution < 1.29 is 13.7 Å². The van der Waals surface area contributed by atoms with Crippen molar-refractivity contribution in [1.82, 2.24) is 15.0 Å². The summed E-state index contributed by atoms with van der Waals surface area (Å²) in [5.74, 6) is 0.436. The van der Waals surface area contributed by atoms with Crippen LogP contribution in [0.25, 0.3) is 11.4 Å². The average Bonchev–Trinajstić information content (AvgIpc) is 3.37. The van der Waals surface area contributed by atoms with Gasteiger partial charge >= 0.3 is 0 Å². The van der Waals surface area contributed by atoms with Gasteiger partial charge in [-0.15, -0.1) is 0 Å². The van der Waals surface area contributed by atoms with Crippen molar-refractivity contribution in [3.8, 4) is 11.4 Å². The number of amides is 1. The topological polar surface area (TPSA) is 62.5 Å². The fraction of sp³-hybridized carbons (Fsp3) is 0.286. The fourth-order valence-corrected chi connectivity index (χ4v) is 3.44. The van der Waals surface area contributed by atoms with E-state index in [-0.39, 0.29) is 17.8 Å². The summed E-state index contributed by atoms with van der Waals surface area (Å²) in [6, 6.07) is 13.2. The van der Waals surface area contributed by atoms with E-state index in [1.165, 1.54) is 12.1 Å². The molecule has 3 aromatic rings. The van der Waals surface area contributed by atoms with Crippen molar-refractivity contribution in [3.05, 3.63) is 65.8 Å². The number of aromatic nitrogens is 2. The van der Waals surface area contributed by atoms with Crippen molar-refractivity contribution in [2.45, 2.75) is 18.9 Å². The van der Waals surface area contributed by atoms with Crippen LogP contribution >= 0.6 is 0 Å². The van der Waals surface area contributed by atoms with Gasteiger partial charge in [-0.25, -0.2) is 4.39 Å². The zero-order valence-electron chi connectivity index (χ0n) is 15.8. The predicted molar refractivity (Wildman–Crippen MR) is 103 cm³/mol. The maximum Gasteiger partial charge on any atom is 0.254 e. The maximum atomic E-state index is 13.1. The number of benzene rings is 2. The van der Waals surface area contributed by atoms with Crippen molar-refractivity contribution in [1.29, 1.82) is 0 Å². The molecular weight excluding hydrogens is 359 g/mol. The SMILES string of the molecule is CN(C)c1cccc(C(=O)N2CCCC2c2nc(-c3ccc(F)cc3)no2)c1. The Balaban J connectivity index is 1.58. The van der Waals surface area contributed by atoms with Gasteiger partial charge in [-0.2, -0.15) is 4.98 Å². The minimum atomic E-state index is -0.319. The van der Waals surface area contributed by atoms with E-state index in [2.05, 4.69) is 10.1 Å². The Morgan fingerprint density at radius 1 is 1.21 bits per heavy atom. The molecule has 1 amide bonds. The Labute approximate surface area is 162 Å². The highest BCUT2D eigenvalue weighted by Gasteiger charge is 2.34. The first kappa shape index (κ1) is 18.2. The quantitative estimate of drug-likeness (QED) is 0.687. The molecule has 1 fully saturated rings. The molecular formula is C21H21FN4O2. The minimum Gasteiger partial charge on any atom is -0.378 e. The van der Waals surface area contributed by atoms with Gasteiger partial charge in [-0.3, -0.25) is 4.79 Å². The van der Waals surface area contributed by atoms with Crippen LogP contribution in [0.5, 0.6) is 0 Å². The molecule has 1 aliphatic rings. The molecule has 1 saturated heterocycles. The molecule has 28 heavy (non-hydrogen) atoms. The van der Waals surface area contributed by atoms with Crippen LogP contribution < -0.4 is 4.90 Å². The van der Waals surface area contributed by atoms with Gasteiger partial charge in [0.25, 0.3) is 5.91 Å². The standard InChI is InChI=1S/C21H21FN4O2/c1-25(2)17-6-3-5-15(13-17)21(27)26-12-4-7-18(26)20-23-19(24-28-20)14-8-10-16(22)11-9-14/h3,5-6,8-11,13,18H,4,7,12H2,1-2H3. The lowest BCUT2D eigenvalue weighted by Gasteiger charge is -2.22. The van der Waals surface area contributed by atoms with E-state index in [1.807, 2.05) is 43.3 Å². The van der Waals surface area contributed by atoms with Gasteiger partial charge < -0.3 is 14.3 Å². The number of halogens is 1. The molecule has 4 rings (SSSR count). The van der Waals surface area contributed by atoms with E-state index in [9.17, 15) is 9.18 Å². The number of anilines is 1. The third kappa shape index (κ3) is 3.47. The fourth-order valence-electron chi connectivity index (χ4n) is 3.44. The molecule has 1 atom stereocenters. The Kier molecular flexibility index (Phi) is 4.81. The molecule has 6 nitrogen and oxygen atoms in total.